The monoisotopic (exact) mass is 302 g/mol. The molecule has 0 radical (unpaired) electrons. The molecule has 1 aromatic rings. The van der Waals surface area contributed by atoms with Crippen LogP contribution in [0.15, 0.2) is 10.8 Å². The lowest BCUT2D eigenvalue weighted by molar-refractivity contribution is 0.633. The second-order valence-corrected chi connectivity index (χ2v) is 6.65. The summed E-state index contributed by atoms with van der Waals surface area (Å²) < 4.78 is 1.07. The van der Waals surface area contributed by atoms with Gasteiger partial charge >= 0.3 is 0 Å². The Morgan fingerprint density at radius 1 is 1.62 bits per heavy atom. The standard InChI is InChI=1S/C10H15BrN4S/c1-10(3-2-4-16-10)5-13-9-7(11)8(12)14-6-15-9/h6H,2-5H2,1H3,(H3,12,13,14,15). The highest BCUT2D eigenvalue weighted by Crippen LogP contribution is 2.38. The SMILES string of the molecule is CC1(CNc2ncnc(N)c2Br)CCCS1. The molecule has 2 rings (SSSR count). The second-order valence-electron chi connectivity index (χ2n) is 4.18. The van der Waals surface area contributed by atoms with Gasteiger partial charge in [0.05, 0.1) is 0 Å². The van der Waals surface area contributed by atoms with Crippen LogP contribution in [0.3, 0.4) is 0 Å². The van der Waals surface area contributed by atoms with Crippen molar-refractivity contribution in [2.24, 2.45) is 0 Å². The van der Waals surface area contributed by atoms with Gasteiger partial charge in [0.2, 0.25) is 0 Å². The van der Waals surface area contributed by atoms with Gasteiger partial charge in [-0.2, -0.15) is 11.8 Å². The van der Waals surface area contributed by atoms with Crippen LogP contribution in [0, 0.1) is 0 Å². The van der Waals surface area contributed by atoms with Crippen LogP contribution in [0.1, 0.15) is 19.8 Å². The van der Waals surface area contributed by atoms with Crippen LogP contribution in [-0.4, -0.2) is 27.0 Å². The summed E-state index contributed by atoms with van der Waals surface area (Å²) >= 11 is 5.41. The lowest BCUT2D eigenvalue weighted by Crippen LogP contribution is -2.27. The maximum absolute atomic E-state index is 5.69. The highest BCUT2D eigenvalue weighted by atomic mass is 79.9. The first-order chi connectivity index (χ1) is 7.61. The first-order valence-electron chi connectivity index (χ1n) is 5.24. The summed E-state index contributed by atoms with van der Waals surface area (Å²) in [4.78, 5) is 8.08. The molecule has 0 amide bonds. The van der Waals surface area contributed by atoms with Crippen LogP contribution in [0.2, 0.25) is 0 Å². The van der Waals surface area contributed by atoms with Crippen molar-refractivity contribution in [2.75, 3.05) is 23.3 Å². The van der Waals surface area contributed by atoms with Crippen LogP contribution < -0.4 is 11.1 Å². The predicted octanol–water partition coefficient (Wildman–Crippen LogP) is 2.52. The zero-order valence-corrected chi connectivity index (χ0v) is 11.6. The molecule has 2 heterocycles. The van der Waals surface area contributed by atoms with Crippen LogP contribution in [0.4, 0.5) is 11.6 Å². The number of hydrogen-bond donors (Lipinski definition) is 2. The van der Waals surface area contributed by atoms with Crippen LogP contribution >= 0.6 is 27.7 Å². The Balaban J connectivity index is 2.02. The van der Waals surface area contributed by atoms with Crippen molar-refractivity contribution >= 4 is 39.3 Å². The number of nitrogens with one attached hydrogen (secondary N) is 1. The third-order valence-electron chi connectivity index (χ3n) is 2.75. The van der Waals surface area contributed by atoms with E-state index in [-0.39, 0.29) is 0 Å². The van der Waals surface area contributed by atoms with E-state index in [1.807, 2.05) is 11.8 Å². The van der Waals surface area contributed by atoms with E-state index in [1.54, 1.807) is 0 Å². The number of halogens is 1. The van der Waals surface area contributed by atoms with E-state index in [2.05, 4.69) is 38.1 Å². The normalized spacial score (nSPS) is 24.6. The number of thioether (sulfide) groups is 1. The molecular weight excluding hydrogens is 288 g/mol. The van der Waals surface area contributed by atoms with E-state index in [0.717, 1.165) is 16.8 Å². The molecule has 6 heteroatoms. The predicted molar refractivity (Wildman–Crippen MR) is 72.7 cm³/mol. The van der Waals surface area contributed by atoms with Crippen LogP contribution in [0.5, 0.6) is 0 Å². The van der Waals surface area contributed by atoms with Gasteiger partial charge in [0.25, 0.3) is 0 Å². The molecule has 1 atom stereocenters. The fraction of sp³-hybridized carbons (Fsp3) is 0.600. The molecule has 1 unspecified atom stereocenters. The van der Waals surface area contributed by atoms with Crippen molar-refractivity contribution in [3.8, 4) is 0 Å². The minimum Gasteiger partial charge on any atom is -0.383 e. The summed E-state index contributed by atoms with van der Waals surface area (Å²) in [5, 5.41) is 3.34. The molecule has 88 valence electrons. The molecule has 0 spiro atoms. The molecule has 4 nitrogen and oxygen atoms in total. The Morgan fingerprint density at radius 2 is 2.44 bits per heavy atom. The van der Waals surface area contributed by atoms with E-state index in [4.69, 9.17) is 5.73 Å². The zero-order chi connectivity index (χ0) is 11.6. The summed E-state index contributed by atoms with van der Waals surface area (Å²) in [6.45, 7) is 3.20. The number of hydrogen-bond acceptors (Lipinski definition) is 5. The molecule has 1 aromatic heterocycles. The van der Waals surface area contributed by atoms with Gasteiger partial charge in [-0.3, -0.25) is 0 Å². The lowest BCUT2D eigenvalue weighted by Gasteiger charge is -2.23. The topological polar surface area (TPSA) is 63.8 Å². The molecule has 0 aliphatic carbocycles. The van der Waals surface area contributed by atoms with Crippen molar-refractivity contribution < 1.29 is 0 Å². The zero-order valence-electron chi connectivity index (χ0n) is 9.16. The maximum Gasteiger partial charge on any atom is 0.145 e. The van der Waals surface area contributed by atoms with Gasteiger partial charge in [0.15, 0.2) is 0 Å². The number of nitrogens with zero attached hydrogens (tertiary/aromatic N) is 2. The van der Waals surface area contributed by atoms with Gasteiger partial charge in [-0.1, -0.05) is 0 Å². The van der Waals surface area contributed by atoms with Gasteiger partial charge in [-0.05, 0) is 41.4 Å². The summed E-state index contributed by atoms with van der Waals surface area (Å²) in [7, 11) is 0. The summed E-state index contributed by atoms with van der Waals surface area (Å²) in [5.74, 6) is 2.51. The molecule has 16 heavy (non-hydrogen) atoms. The summed E-state index contributed by atoms with van der Waals surface area (Å²) in [6, 6.07) is 0. The van der Waals surface area contributed by atoms with Gasteiger partial charge in [-0.15, -0.1) is 0 Å². The third kappa shape index (κ3) is 2.60. The highest BCUT2D eigenvalue weighted by molar-refractivity contribution is 9.10. The van der Waals surface area contributed by atoms with E-state index in [9.17, 15) is 0 Å². The molecule has 0 saturated carbocycles. The number of nitrogens with two attached hydrogens (primary N) is 1. The van der Waals surface area contributed by atoms with Gasteiger partial charge in [0.1, 0.15) is 22.4 Å². The van der Waals surface area contributed by atoms with Gasteiger partial charge in [-0.25, -0.2) is 9.97 Å². The molecular formula is C10H15BrN4S. The first kappa shape index (κ1) is 12.0. The molecule has 0 aromatic carbocycles. The molecule has 1 aliphatic heterocycles. The number of anilines is 2. The van der Waals surface area contributed by atoms with Gasteiger partial charge in [0, 0.05) is 11.3 Å². The Hall–Kier alpha value is -0.490. The molecule has 3 N–H and O–H groups in total. The van der Waals surface area contributed by atoms with Crippen molar-refractivity contribution in [1.82, 2.24) is 9.97 Å². The lowest BCUT2D eigenvalue weighted by atomic mass is 10.1. The Kier molecular flexibility index (Phi) is 3.59. The summed E-state index contributed by atoms with van der Waals surface area (Å²) in [5.41, 5.74) is 5.69. The quantitative estimate of drug-likeness (QED) is 0.898. The smallest absolute Gasteiger partial charge is 0.145 e. The van der Waals surface area contributed by atoms with Crippen molar-refractivity contribution in [3.05, 3.63) is 10.8 Å². The van der Waals surface area contributed by atoms with E-state index in [1.165, 1.54) is 24.9 Å². The minimum absolute atomic E-state index is 0.319. The maximum atomic E-state index is 5.69. The van der Waals surface area contributed by atoms with Crippen molar-refractivity contribution in [3.63, 3.8) is 0 Å². The Labute approximate surface area is 108 Å². The van der Waals surface area contributed by atoms with Crippen LogP contribution in [-0.2, 0) is 0 Å². The van der Waals surface area contributed by atoms with Crippen molar-refractivity contribution in [2.45, 2.75) is 24.5 Å². The van der Waals surface area contributed by atoms with E-state index >= 15 is 0 Å². The summed E-state index contributed by atoms with van der Waals surface area (Å²) in [6.07, 6.45) is 4.03. The minimum atomic E-state index is 0.319. The Morgan fingerprint density at radius 3 is 3.12 bits per heavy atom. The average Bonchev–Trinajstić information content (AvgIpc) is 2.68. The molecule has 1 aliphatic rings. The number of aromatic nitrogens is 2. The molecule has 1 fully saturated rings. The number of nitrogen functional groups attached to an aromatic ring is 1. The average molecular weight is 303 g/mol. The third-order valence-corrected chi connectivity index (χ3v) is 5.07. The Bertz CT molecular complexity index is 379. The fourth-order valence-electron chi connectivity index (χ4n) is 1.75. The van der Waals surface area contributed by atoms with Crippen LogP contribution in [0.25, 0.3) is 0 Å². The second kappa shape index (κ2) is 4.79. The van der Waals surface area contributed by atoms with E-state index < -0.39 is 0 Å². The number of rotatable bonds is 3. The highest BCUT2D eigenvalue weighted by Gasteiger charge is 2.29. The molecule has 1 saturated heterocycles. The molecule has 0 bridgehead atoms. The first-order valence-corrected chi connectivity index (χ1v) is 7.02. The van der Waals surface area contributed by atoms with Gasteiger partial charge < -0.3 is 11.1 Å². The fourth-order valence-corrected chi connectivity index (χ4v) is 3.34. The van der Waals surface area contributed by atoms with Crippen molar-refractivity contribution in [1.29, 1.82) is 0 Å². The van der Waals surface area contributed by atoms with E-state index in [0.29, 0.717) is 10.6 Å². The largest absolute Gasteiger partial charge is 0.383 e.